The number of para-hydroxylation sites is 1. The average Bonchev–Trinajstić information content (AvgIpc) is 3.45. The summed E-state index contributed by atoms with van der Waals surface area (Å²) in [6.45, 7) is 8.55. The Balaban J connectivity index is 1.75. The second-order valence-corrected chi connectivity index (χ2v) is 9.18. The predicted octanol–water partition coefficient (Wildman–Crippen LogP) is 6.69. The predicted molar refractivity (Wildman–Crippen MR) is 138 cm³/mol. The van der Waals surface area contributed by atoms with Gasteiger partial charge in [-0.05, 0) is 55.5 Å². The number of carbonyl (C=O) groups excluding carboxylic acids is 1. The molecule has 0 saturated carbocycles. The van der Waals surface area contributed by atoms with Crippen LogP contribution in [0.1, 0.15) is 23.6 Å². The first-order chi connectivity index (χ1) is 16.0. The van der Waals surface area contributed by atoms with Gasteiger partial charge in [0.05, 0.1) is 23.7 Å². The van der Waals surface area contributed by atoms with E-state index in [9.17, 15) is 4.79 Å². The number of urea groups is 1. The number of nitrogens with one attached hydrogen (secondary N) is 1. The second kappa shape index (κ2) is 10.2. The molecule has 5 nitrogen and oxygen atoms in total. The van der Waals surface area contributed by atoms with E-state index >= 15 is 0 Å². The van der Waals surface area contributed by atoms with Gasteiger partial charge >= 0.3 is 6.03 Å². The largest absolute Gasteiger partial charge is 0.383 e. The molecule has 2 aromatic carbocycles. The molecule has 0 aliphatic carbocycles. The molecule has 4 rings (SSSR count). The van der Waals surface area contributed by atoms with Gasteiger partial charge < -0.3 is 19.5 Å². The Hall–Kier alpha value is -3.09. The lowest BCUT2D eigenvalue weighted by Crippen LogP contribution is -2.37. The van der Waals surface area contributed by atoms with Gasteiger partial charge in [0, 0.05) is 42.4 Å². The number of thiophene rings is 1. The fourth-order valence-electron chi connectivity index (χ4n) is 4.27. The summed E-state index contributed by atoms with van der Waals surface area (Å²) in [6.07, 6.45) is 0. The number of benzene rings is 2. The third-order valence-electron chi connectivity index (χ3n) is 5.98. The molecule has 0 radical (unpaired) electrons. The van der Waals surface area contributed by atoms with E-state index in [4.69, 9.17) is 4.74 Å². The van der Waals surface area contributed by atoms with Crippen molar-refractivity contribution in [1.82, 2.24) is 9.47 Å². The molecule has 33 heavy (non-hydrogen) atoms. The van der Waals surface area contributed by atoms with Crippen LogP contribution in [0.3, 0.4) is 0 Å². The molecule has 2 aromatic heterocycles. The number of hydrogen-bond acceptors (Lipinski definition) is 3. The molecule has 0 unspecified atom stereocenters. The maximum absolute atomic E-state index is 13.5. The van der Waals surface area contributed by atoms with Gasteiger partial charge in [-0.25, -0.2) is 4.79 Å². The van der Waals surface area contributed by atoms with E-state index in [0.717, 1.165) is 23.4 Å². The molecule has 1 N–H and O–H groups in total. The lowest BCUT2D eigenvalue weighted by atomic mass is 10.1. The van der Waals surface area contributed by atoms with Crippen molar-refractivity contribution in [1.29, 1.82) is 0 Å². The van der Waals surface area contributed by atoms with Crippen LogP contribution >= 0.6 is 11.3 Å². The molecular weight excluding hydrogens is 430 g/mol. The Bertz CT molecular complexity index is 1240. The first-order valence-corrected chi connectivity index (χ1v) is 12.2. The molecule has 0 saturated heterocycles. The third-order valence-corrected chi connectivity index (χ3v) is 6.86. The summed E-state index contributed by atoms with van der Waals surface area (Å²) in [4.78, 5) is 16.5. The molecule has 4 aromatic rings. The zero-order valence-corrected chi connectivity index (χ0v) is 20.5. The van der Waals surface area contributed by atoms with Crippen LogP contribution in [0.5, 0.6) is 0 Å². The Morgan fingerprint density at radius 1 is 1.12 bits per heavy atom. The lowest BCUT2D eigenvalue weighted by molar-refractivity contribution is 0.153. The third kappa shape index (κ3) is 4.82. The van der Waals surface area contributed by atoms with Crippen molar-refractivity contribution in [3.05, 3.63) is 76.7 Å². The zero-order valence-electron chi connectivity index (χ0n) is 19.7. The number of ether oxygens (including phenoxy) is 1. The molecule has 0 fully saturated rings. The number of carbonyl (C=O) groups is 1. The molecule has 0 bridgehead atoms. The first kappa shape index (κ1) is 23.1. The minimum Gasteiger partial charge on any atom is -0.383 e. The van der Waals surface area contributed by atoms with E-state index in [1.807, 2.05) is 30.9 Å². The summed E-state index contributed by atoms with van der Waals surface area (Å²) in [6, 6.07) is 18.7. The second-order valence-electron chi connectivity index (χ2n) is 8.23. The Morgan fingerprint density at radius 2 is 1.94 bits per heavy atom. The summed E-state index contributed by atoms with van der Waals surface area (Å²) < 4.78 is 7.70. The van der Waals surface area contributed by atoms with Gasteiger partial charge in [-0.3, -0.25) is 0 Å². The summed E-state index contributed by atoms with van der Waals surface area (Å²) in [5.74, 6) is 0. The van der Waals surface area contributed by atoms with Crippen molar-refractivity contribution in [3.63, 3.8) is 0 Å². The summed E-state index contributed by atoms with van der Waals surface area (Å²) in [7, 11) is 1.67. The smallest absolute Gasteiger partial charge is 0.322 e. The normalized spacial score (nSPS) is 11.2. The van der Waals surface area contributed by atoms with Gasteiger partial charge in [-0.2, -0.15) is 0 Å². The van der Waals surface area contributed by atoms with E-state index in [0.29, 0.717) is 19.7 Å². The topological polar surface area (TPSA) is 46.5 Å². The van der Waals surface area contributed by atoms with Crippen molar-refractivity contribution < 1.29 is 9.53 Å². The van der Waals surface area contributed by atoms with E-state index < -0.39 is 0 Å². The number of aromatic nitrogens is 1. The van der Waals surface area contributed by atoms with Crippen molar-refractivity contribution in [2.45, 2.75) is 33.9 Å². The van der Waals surface area contributed by atoms with Crippen molar-refractivity contribution >= 4 is 34.0 Å². The van der Waals surface area contributed by atoms with Gasteiger partial charge in [0.1, 0.15) is 0 Å². The molecule has 0 spiro atoms. The summed E-state index contributed by atoms with van der Waals surface area (Å²) in [5, 5.41) is 6.42. The van der Waals surface area contributed by atoms with Crippen LogP contribution in [0.25, 0.3) is 21.5 Å². The van der Waals surface area contributed by atoms with Crippen molar-refractivity contribution in [3.8, 4) is 10.6 Å². The maximum Gasteiger partial charge on any atom is 0.322 e. The Labute approximate surface area is 199 Å². The fraction of sp³-hybridized carbons (Fsp3) is 0.296. The van der Waals surface area contributed by atoms with Crippen molar-refractivity contribution in [2.24, 2.45) is 0 Å². The molecule has 2 amide bonds. The highest BCUT2D eigenvalue weighted by atomic mass is 32.1. The highest BCUT2D eigenvalue weighted by Gasteiger charge is 2.23. The number of rotatable bonds is 8. The average molecular weight is 462 g/mol. The van der Waals surface area contributed by atoms with Gasteiger partial charge in [0.25, 0.3) is 0 Å². The standard InChI is InChI=1S/C27H31N3O2S/c1-5-30-24-10-7-6-9-21(24)22(26(30)25-11-8-16-33-25)18-29(14-15-32-4)27(31)28-23-17-19(2)12-13-20(23)3/h6-13,16-17H,5,14-15,18H2,1-4H3,(H,28,31). The molecule has 6 heteroatoms. The summed E-state index contributed by atoms with van der Waals surface area (Å²) in [5.41, 5.74) is 6.56. The zero-order chi connectivity index (χ0) is 23.4. The van der Waals surface area contributed by atoms with Crippen LogP contribution in [-0.4, -0.2) is 35.8 Å². The highest BCUT2D eigenvalue weighted by molar-refractivity contribution is 7.13. The van der Waals surface area contributed by atoms with E-state index in [2.05, 4.69) is 64.7 Å². The van der Waals surface area contributed by atoms with Gasteiger partial charge in [0.2, 0.25) is 0 Å². The van der Waals surface area contributed by atoms with Crippen LogP contribution in [0.15, 0.2) is 60.0 Å². The lowest BCUT2D eigenvalue weighted by Gasteiger charge is -2.24. The molecule has 0 aliphatic rings. The molecule has 172 valence electrons. The van der Waals surface area contributed by atoms with E-state index in [-0.39, 0.29) is 6.03 Å². The van der Waals surface area contributed by atoms with E-state index in [1.165, 1.54) is 27.0 Å². The van der Waals surface area contributed by atoms with E-state index in [1.54, 1.807) is 18.4 Å². The molecule has 2 heterocycles. The number of methoxy groups -OCH3 is 1. The Morgan fingerprint density at radius 3 is 2.67 bits per heavy atom. The Kier molecular flexibility index (Phi) is 7.16. The summed E-state index contributed by atoms with van der Waals surface area (Å²) >= 11 is 1.73. The number of nitrogens with zero attached hydrogens (tertiary/aromatic N) is 2. The van der Waals surface area contributed by atoms with Crippen molar-refractivity contribution in [2.75, 3.05) is 25.6 Å². The van der Waals surface area contributed by atoms with Gasteiger partial charge in [-0.1, -0.05) is 36.4 Å². The first-order valence-electron chi connectivity index (χ1n) is 11.3. The minimum absolute atomic E-state index is 0.119. The quantitative estimate of drug-likeness (QED) is 0.318. The van der Waals surface area contributed by atoms with Crippen LogP contribution in [0.2, 0.25) is 0 Å². The molecular formula is C27H31N3O2S. The molecule has 0 atom stereocenters. The number of hydrogen-bond donors (Lipinski definition) is 1. The van der Waals surface area contributed by atoms with Crippen LogP contribution < -0.4 is 5.32 Å². The number of aryl methyl sites for hydroxylation is 3. The highest BCUT2D eigenvalue weighted by Crippen LogP contribution is 2.37. The van der Waals surface area contributed by atoms with Crippen LogP contribution in [-0.2, 0) is 17.8 Å². The fourth-order valence-corrected chi connectivity index (χ4v) is 5.07. The van der Waals surface area contributed by atoms with Gasteiger partial charge in [-0.15, -0.1) is 11.3 Å². The number of fused-ring (bicyclic) bond motifs is 1. The minimum atomic E-state index is -0.119. The monoisotopic (exact) mass is 461 g/mol. The number of anilines is 1. The SMILES string of the molecule is CCn1c(-c2cccs2)c(CN(CCOC)C(=O)Nc2cc(C)ccc2C)c2ccccc21. The van der Waals surface area contributed by atoms with Gasteiger partial charge in [0.15, 0.2) is 0 Å². The van der Waals surface area contributed by atoms with Crippen LogP contribution in [0.4, 0.5) is 10.5 Å². The number of amides is 2. The van der Waals surface area contributed by atoms with Crippen LogP contribution in [0, 0.1) is 13.8 Å². The molecule has 0 aliphatic heterocycles. The maximum atomic E-state index is 13.5.